The molecule has 2 atom stereocenters. The summed E-state index contributed by atoms with van der Waals surface area (Å²) in [4.78, 5) is 17.6. The molecule has 0 bridgehead atoms. The first-order valence-electron chi connectivity index (χ1n) is 8.10. The molecule has 0 aromatic heterocycles. The number of hydrogen-bond donors (Lipinski definition) is 2. The molecule has 0 saturated heterocycles. The van der Waals surface area contributed by atoms with Gasteiger partial charge in [-0.1, -0.05) is 24.3 Å². The number of amides is 1. The number of fused-ring (bicyclic) bond motifs is 1. The molecule has 2 rings (SSSR count). The maximum atomic E-state index is 11.7. The molecule has 25 heavy (non-hydrogen) atoms. The number of guanidine groups is 1. The lowest BCUT2D eigenvalue weighted by Crippen LogP contribution is -2.45. The summed E-state index contributed by atoms with van der Waals surface area (Å²) in [5.41, 5.74) is 1.20. The molecule has 1 aromatic carbocycles. The zero-order valence-electron chi connectivity index (χ0n) is 15.0. The van der Waals surface area contributed by atoms with Crippen LogP contribution in [0, 0.1) is 0 Å². The van der Waals surface area contributed by atoms with Gasteiger partial charge in [-0.15, -0.1) is 30.6 Å². The van der Waals surface area contributed by atoms with Gasteiger partial charge >= 0.3 is 0 Å². The summed E-state index contributed by atoms with van der Waals surface area (Å²) in [7, 11) is 3.44. The van der Waals surface area contributed by atoms with Gasteiger partial charge in [-0.25, -0.2) is 4.99 Å². The molecule has 0 aliphatic carbocycles. The fraction of sp³-hybridized carbons (Fsp3) is 0.444. The van der Waals surface area contributed by atoms with Gasteiger partial charge in [-0.3, -0.25) is 4.79 Å². The third kappa shape index (κ3) is 5.91. The minimum absolute atomic E-state index is 0. The topological polar surface area (TPSA) is 66.0 Å². The van der Waals surface area contributed by atoms with Crippen LogP contribution in [0.25, 0.3) is 0 Å². The van der Waals surface area contributed by atoms with E-state index in [9.17, 15) is 4.79 Å². The zero-order valence-corrected chi connectivity index (χ0v) is 17.3. The SMILES string of the molecule is C=CCNC(=NCC(=O)N(C)C)NC(C)C1COc2ccccc21.I. The largest absolute Gasteiger partial charge is 0.493 e. The number of likely N-dealkylation sites (N-methyl/N-ethyl adjacent to an activating group) is 1. The van der Waals surface area contributed by atoms with E-state index in [-0.39, 0.29) is 48.4 Å². The molecule has 1 aromatic rings. The molecule has 0 fully saturated rings. The normalized spacial score (nSPS) is 16.8. The summed E-state index contributed by atoms with van der Waals surface area (Å²) < 4.78 is 5.75. The highest BCUT2D eigenvalue weighted by atomic mass is 127. The van der Waals surface area contributed by atoms with Crippen molar-refractivity contribution in [1.29, 1.82) is 0 Å². The van der Waals surface area contributed by atoms with Crippen molar-refractivity contribution < 1.29 is 9.53 Å². The molecular weight excluding hydrogens is 431 g/mol. The lowest BCUT2D eigenvalue weighted by Gasteiger charge is -2.22. The van der Waals surface area contributed by atoms with E-state index in [2.05, 4.69) is 35.2 Å². The van der Waals surface area contributed by atoms with Gasteiger partial charge in [0.2, 0.25) is 5.91 Å². The quantitative estimate of drug-likeness (QED) is 0.296. The number of nitrogens with zero attached hydrogens (tertiary/aromatic N) is 2. The van der Waals surface area contributed by atoms with Gasteiger partial charge in [0.05, 0.1) is 6.61 Å². The average Bonchev–Trinajstić information content (AvgIpc) is 3.00. The molecule has 1 aliphatic rings. The Morgan fingerprint density at radius 2 is 2.20 bits per heavy atom. The molecule has 2 N–H and O–H groups in total. The molecule has 1 heterocycles. The van der Waals surface area contributed by atoms with Gasteiger partial charge in [-0.05, 0) is 13.0 Å². The van der Waals surface area contributed by atoms with Gasteiger partial charge < -0.3 is 20.3 Å². The van der Waals surface area contributed by atoms with Gasteiger partial charge in [0.15, 0.2) is 5.96 Å². The Kier molecular flexibility index (Phi) is 8.74. The van der Waals surface area contributed by atoms with Crippen LogP contribution in [0.4, 0.5) is 0 Å². The number of aliphatic imine (C=N–C) groups is 1. The lowest BCUT2D eigenvalue weighted by molar-refractivity contribution is -0.127. The number of nitrogens with one attached hydrogen (secondary N) is 2. The maximum absolute atomic E-state index is 11.7. The van der Waals surface area contributed by atoms with Gasteiger partial charge in [-0.2, -0.15) is 0 Å². The van der Waals surface area contributed by atoms with Crippen LogP contribution in [0.1, 0.15) is 18.4 Å². The fourth-order valence-corrected chi connectivity index (χ4v) is 2.53. The van der Waals surface area contributed by atoms with Crippen LogP contribution >= 0.6 is 24.0 Å². The van der Waals surface area contributed by atoms with Crippen molar-refractivity contribution in [2.24, 2.45) is 4.99 Å². The predicted molar refractivity (Wildman–Crippen MR) is 112 cm³/mol. The Hall–Kier alpha value is -1.77. The summed E-state index contributed by atoms with van der Waals surface area (Å²) in [6.45, 7) is 7.11. The van der Waals surface area contributed by atoms with Crippen molar-refractivity contribution >= 4 is 35.8 Å². The second kappa shape index (κ2) is 10.3. The summed E-state index contributed by atoms with van der Waals surface area (Å²) in [5.74, 6) is 1.73. The number of hydrogen-bond acceptors (Lipinski definition) is 3. The van der Waals surface area contributed by atoms with Crippen LogP contribution in [0.5, 0.6) is 5.75 Å². The molecule has 6 nitrogen and oxygen atoms in total. The highest BCUT2D eigenvalue weighted by Crippen LogP contribution is 2.35. The van der Waals surface area contributed by atoms with E-state index in [0.717, 1.165) is 5.75 Å². The van der Waals surface area contributed by atoms with Crippen LogP contribution in [0.3, 0.4) is 0 Å². The molecule has 1 aliphatic heterocycles. The average molecular weight is 458 g/mol. The number of benzene rings is 1. The fourth-order valence-electron chi connectivity index (χ4n) is 2.53. The highest BCUT2D eigenvalue weighted by Gasteiger charge is 2.29. The number of para-hydroxylation sites is 1. The van der Waals surface area contributed by atoms with E-state index in [0.29, 0.717) is 19.1 Å². The third-order valence-electron chi connectivity index (χ3n) is 3.99. The minimum atomic E-state index is -0.0445. The number of halogens is 1. The number of rotatable bonds is 6. The summed E-state index contributed by atoms with van der Waals surface area (Å²) >= 11 is 0. The first-order chi connectivity index (χ1) is 11.5. The van der Waals surface area contributed by atoms with E-state index in [1.807, 2.05) is 18.2 Å². The molecular formula is C18H27IN4O2. The van der Waals surface area contributed by atoms with Crippen molar-refractivity contribution in [3.8, 4) is 5.75 Å². The number of carbonyl (C=O) groups is 1. The molecule has 7 heteroatoms. The van der Waals surface area contributed by atoms with Gasteiger partial charge in [0.1, 0.15) is 12.3 Å². The van der Waals surface area contributed by atoms with Crippen LogP contribution < -0.4 is 15.4 Å². The molecule has 0 radical (unpaired) electrons. The van der Waals surface area contributed by atoms with Crippen molar-refractivity contribution in [2.75, 3.05) is 33.8 Å². The standard InChI is InChI=1S/C18H26N4O2.HI/c1-5-10-19-18(20-11-17(23)22(3)4)21-13(2)15-12-24-16-9-7-6-8-14(15)16;/h5-9,13,15H,1,10-12H2,2-4H3,(H2,19,20,21);1H. The first-order valence-corrected chi connectivity index (χ1v) is 8.10. The van der Waals surface area contributed by atoms with E-state index in [1.54, 1.807) is 20.2 Å². The monoisotopic (exact) mass is 458 g/mol. The van der Waals surface area contributed by atoms with E-state index < -0.39 is 0 Å². The lowest BCUT2D eigenvalue weighted by atomic mass is 9.94. The van der Waals surface area contributed by atoms with Crippen molar-refractivity contribution in [3.05, 3.63) is 42.5 Å². The molecule has 138 valence electrons. The van der Waals surface area contributed by atoms with Crippen LogP contribution in [0.15, 0.2) is 41.9 Å². The van der Waals surface area contributed by atoms with Crippen molar-refractivity contribution in [2.45, 2.75) is 18.9 Å². The number of ether oxygens (including phenoxy) is 1. The Balaban J connectivity index is 0.00000312. The Morgan fingerprint density at radius 1 is 1.48 bits per heavy atom. The van der Waals surface area contributed by atoms with Crippen molar-refractivity contribution in [1.82, 2.24) is 15.5 Å². The number of carbonyl (C=O) groups excluding carboxylic acids is 1. The van der Waals surface area contributed by atoms with Gasteiger partial charge in [0.25, 0.3) is 0 Å². The van der Waals surface area contributed by atoms with Gasteiger partial charge in [0, 0.05) is 38.2 Å². The zero-order chi connectivity index (χ0) is 17.5. The van der Waals surface area contributed by atoms with Crippen LogP contribution in [0.2, 0.25) is 0 Å². The van der Waals surface area contributed by atoms with E-state index in [1.165, 1.54) is 10.5 Å². The highest BCUT2D eigenvalue weighted by molar-refractivity contribution is 14.0. The maximum Gasteiger partial charge on any atom is 0.243 e. The summed E-state index contributed by atoms with van der Waals surface area (Å²) in [6, 6.07) is 8.19. The minimum Gasteiger partial charge on any atom is -0.493 e. The van der Waals surface area contributed by atoms with E-state index in [4.69, 9.17) is 4.74 Å². The molecule has 0 spiro atoms. The molecule has 0 saturated carbocycles. The summed E-state index contributed by atoms with van der Waals surface area (Å²) in [6.07, 6.45) is 1.75. The van der Waals surface area contributed by atoms with Crippen LogP contribution in [-0.4, -0.2) is 56.6 Å². The second-order valence-corrected chi connectivity index (χ2v) is 6.01. The van der Waals surface area contributed by atoms with Crippen molar-refractivity contribution in [3.63, 3.8) is 0 Å². The Labute approximate surface area is 166 Å². The Morgan fingerprint density at radius 3 is 2.88 bits per heavy atom. The Bertz CT molecular complexity index is 619. The predicted octanol–water partition coefficient (Wildman–Crippen LogP) is 1.98. The molecule has 2 unspecified atom stereocenters. The smallest absolute Gasteiger partial charge is 0.243 e. The second-order valence-electron chi connectivity index (χ2n) is 6.01. The molecule has 1 amide bonds. The van der Waals surface area contributed by atoms with E-state index >= 15 is 0 Å². The van der Waals surface area contributed by atoms with Crippen LogP contribution in [-0.2, 0) is 4.79 Å². The third-order valence-corrected chi connectivity index (χ3v) is 3.99. The summed E-state index contributed by atoms with van der Waals surface area (Å²) in [5, 5.41) is 6.52. The first kappa shape index (κ1) is 21.3.